The number of primary amides is 1. The number of nitrogens with two attached hydrogens (primary N) is 1. The number of hydrogen-bond donors (Lipinski definition) is 7. The average molecular weight is 503 g/mol. The van der Waals surface area contributed by atoms with Crippen molar-refractivity contribution in [1.29, 1.82) is 0 Å². The van der Waals surface area contributed by atoms with E-state index >= 15 is 4.39 Å². The van der Waals surface area contributed by atoms with Crippen molar-refractivity contribution in [2.75, 3.05) is 6.54 Å². The van der Waals surface area contributed by atoms with E-state index in [4.69, 9.17) is 5.73 Å². The number of nitrogens with one attached hydrogen (secondary N) is 2. The highest BCUT2D eigenvalue weighted by Gasteiger charge is 2.60. The minimum Gasteiger partial charge on any atom is -0.508 e. The minimum atomic E-state index is -2.69. The third-order valence-electron chi connectivity index (χ3n) is 7.06. The average Bonchev–Trinajstić information content (AvgIpc) is 2.81. The largest absolute Gasteiger partial charge is 0.508 e. The lowest BCUT2D eigenvalue weighted by Gasteiger charge is -2.46. The number of Topliss-reactive ketones (excluding diaryl/α,β-unsaturated/α-hetero) is 2. The number of phenols is 1. The number of benzene rings is 1. The molecule has 0 spiro atoms. The number of carbonyl (C=O) groups is 4. The summed E-state index contributed by atoms with van der Waals surface area (Å²) in [4.78, 5) is 49.3. The molecular formula is C24H26FN3O8. The number of carbonyl (C=O) groups excluding carboxylic acids is 4. The van der Waals surface area contributed by atoms with Crippen LogP contribution in [0.15, 0.2) is 23.0 Å². The van der Waals surface area contributed by atoms with Crippen LogP contribution < -0.4 is 16.4 Å². The molecule has 1 aromatic rings. The molecule has 1 aromatic carbocycles. The maximum atomic E-state index is 15.1. The lowest BCUT2D eigenvalue weighted by atomic mass is 9.59. The zero-order valence-electron chi connectivity index (χ0n) is 19.4. The Bertz CT molecular complexity index is 1270. The van der Waals surface area contributed by atoms with Gasteiger partial charge in [-0.2, -0.15) is 0 Å². The van der Waals surface area contributed by atoms with Crippen molar-refractivity contribution in [3.8, 4) is 5.75 Å². The summed E-state index contributed by atoms with van der Waals surface area (Å²) in [5, 5.41) is 48.6. The van der Waals surface area contributed by atoms with E-state index in [1.807, 2.05) is 6.92 Å². The van der Waals surface area contributed by atoms with Gasteiger partial charge in [-0.25, -0.2) is 9.18 Å². The number of urea groups is 1. The number of aliphatic hydroxyl groups is 3. The number of phenolic OH excluding ortho intramolecular Hbond substituents is 1. The Hall–Kier alpha value is -3.93. The summed E-state index contributed by atoms with van der Waals surface area (Å²) in [6.07, 6.45) is -0.00126. The maximum Gasteiger partial charge on any atom is 0.315 e. The third-order valence-corrected chi connectivity index (χ3v) is 7.06. The molecule has 0 aromatic heterocycles. The fraction of sp³-hybridized carbons (Fsp3) is 0.417. The molecule has 12 heteroatoms. The van der Waals surface area contributed by atoms with Crippen molar-refractivity contribution in [3.05, 3.63) is 45.5 Å². The molecule has 3 atom stereocenters. The van der Waals surface area contributed by atoms with E-state index in [2.05, 4.69) is 10.6 Å². The van der Waals surface area contributed by atoms with Crippen molar-refractivity contribution in [2.24, 2.45) is 17.6 Å². The molecule has 8 N–H and O–H groups in total. The van der Waals surface area contributed by atoms with Crippen LogP contribution in [0.5, 0.6) is 5.75 Å². The van der Waals surface area contributed by atoms with E-state index in [-0.39, 0.29) is 41.6 Å². The number of amides is 3. The van der Waals surface area contributed by atoms with Gasteiger partial charge in [0.1, 0.15) is 28.7 Å². The smallest absolute Gasteiger partial charge is 0.315 e. The summed E-state index contributed by atoms with van der Waals surface area (Å²) >= 11 is 0. The Labute approximate surface area is 204 Å². The molecule has 0 aliphatic heterocycles. The molecule has 1 saturated carbocycles. The highest BCUT2D eigenvalue weighted by molar-refractivity contribution is 6.22. The van der Waals surface area contributed by atoms with E-state index in [0.29, 0.717) is 13.0 Å². The first-order chi connectivity index (χ1) is 16.9. The van der Waals surface area contributed by atoms with Crippen molar-refractivity contribution in [1.82, 2.24) is 10.6 Å². The molecule has 0 radical (unpaired) electrons. The Kier molecular flexibility index (Phi) is 6.25. The van der Waals surface area contributed by atoms with Crippen molar-refractivity contribution >= 4 is 29.3 Å². The number of aromatic hydroxyl groups is 1. The van der Waals surface area contributed by atoms with Gasteiger partial charge in [0.2, 0.25) is 5.78 Å². The first kappa shape index (κ1) is 25.2. The Morgan fingerprint density at radius 1 is 1.19 bits per heavy atom. The Morgan fingerprint density at radius 2 is 1.89 bits per heavy atom. The van der Waals surface area contributed by atoms with Crippen LogP contribution in [0.4, 0.5) is 9.18 Å². The molecule has 1 unspecified atom stereocenters. The molecule has 4 rings (SSSR count). The summed E-state index contributed by atoms with van der Waals surface area (Å²) in [5.74, 6) is -8.61. The number of fused-ring (bicyclic) bond motifs is 3. The predicted octanol–water partition coefficient (Wildman–Crippen LogP) is 0.772. The van der Waals surface area contributed by atoms with Gasteiger partial charge < -0.3 is 36.8 Å². The fourth-order valence-electron chi connectivity index (χ4n) is 5.31. The molecule has 3 aliphatic rings. The van der Waals surface area contributed by atoms with Crippen LogP contribution >= 0.6 is 0 Å². The number of halogens is 1. The predicted molar refractivity (Wildman–Crippen MR) is 122 cm³/mol. The lowest BCUT2D eigenvalue weighted by molar-refractivity contribution is -0.147. The van der Waals surface area contributed by atoms with Crippen molar-refractivity contribution in [2.45, 2.75) is 44.8 Å². The second-order valence-corrected chi connectivity index (χ2v) is 9.24. The first-order valence-corrected chi connectivity index (χ1v) is 11.5. The second kappa shape index (κ2) is 8.94. The van der Waals surface area contributed by atoms with Crippen LogP contribution in [0.1, 0.15) is 42.9 Å². The Balaban J connectivity index is 1.78. The van der Waals surface area contributed by atoms with E-state index < -0.39 is 76.0 Å². The molecule has 36 heavy (non-hydrogen) atoms. The summed E-state index contributed by atoms with van der Waals surface area (Å²) in [6.45, 7) is 1.97. The van der Waals surface area contributed by atoms with E-state index in [9.17, 15) is 39.6 Å². The van der Waals surface area contributed by atoms with Crippen molar-refractivity contribution in [3.63, 3.8) is 0 Å². The third kappa shape index (κ3) is 3.68. The van der Waals surface area contributed by atoms with Gasteiger partial charge in [0, 0.05) is 42.1 Å². The summed E-state index contributed by atoms with van der Waals surface area (Å²) < 4.78 is 15.1. The van der Waals surface area contributed by atoms with Gasteiger partial charge in [-0.1, -0.05) is 6.92 Å². The van der Waals surface area contributed by atoms with Crippen LogP contribution in [-0.2, 0) is 27.3 Å². The SMILES string of the molecule is CCCNC(=O)NCc1cc(F)c2c(c1O)C(O)=C1C(=O)[C@]3(O)C(O)=C(C(N)=O)C(=O)C[C@@H]3CC1C2. The highest BCUT2D eigenvalue weighted by atomic mass is 19.1. The second-order valence-electron chi connectivity index (χ2n) is 9.24. The highest BCUT2D eigenvalue weighted by Crippen LogP contribution is 2.52. The molecule has 192 valence electrons. The lowest BCUT2D eigenvalue weighted by Crippen LogP contribution is -2.58. The van der Waals surface area contributed by atoms with Crippen LogP contribution in [0.3, 0.4) is 0 Å². The van der Waals surface area contributed by atoms with Gasteiger partial charge in [0.15, 0.2) is 11.4 Å². The molecule has 3 aliphatic carbocycles. The maximum absolute atomic E-state index is 15.1. The van der Waals surface area contributed by atoms with Crippen LogP contribution in [0, 0.1) is 17.7 Å². The fourth-order valence-corrected chi connectivity index (χ4v) is 5.31. The molecule has 0 bridgehead atoms. The first-order valence-electron chi connectivity index (χ1n) is 11.5. The standard InChI is InChI=1S/C24H26FN3O8/c1-2-3-27-23(35)28-8-10-6-13(25)12-5-9-4-11-7-14(29)17(22(26)34)21(33)24(11,36)20(32)15(9)19(31)16(12)18(10)30/h6,9,11,30-31,33,36H,2-5,7-8H2,1H3,(H2,26,34)(H2,27,28,35)/t9?,11-,24-/m0/s1. The van der Waals surface area contributed by atoms with E-state index in [0.717, 1.165) is 6.07 Å². The summed E-state index contributed by atoms with van der Waals surface area (Å²) in [6, 6.07) is 0.470. The van der Waals surface area contributed by atoms with Gasteiger partial charge in [-0.15, -0.1) is 0 Å². The number of aliphatic hydroxyl groups excluding tert-OH is 2. The minimum absolute atomic E-state index is 0.0645. The van der Waals surface area contributed by atoms with E-state index in [1.54, 1.807) is 0 Å². The monoisotopic (exact) mass is 503 g/mol. The zero-order chi connectivity index (χ0) is 26.5. The zero-order valence-corrected chi connectivity index (χ0v) is 19.4. The molecule has 0 saturated heterocycles. The van der Waals surface area contributed by atoms with Gasteiger partial charge in [-0.3, -0.25) is 14.4 Å². The number of rotatable bonds is 5. The number of hydrogen-bond acceptors (Lipinski definition) is 8. The molecule has 1 fully saturated rings. The van der Waals surface area contributed by atoms with Gasteiger partial charge in [-0.05, 0) is 31.2 Å². The van der Waals surface area contributed by atoms with Crippen molar-refractivity contribution < 1.29 is 44.0 Å². The van der Waals surface area contributed by atoms with Crippen LogP contribution in [0.2, 0.25) is 0 Å². The summed E-state index contributed by atoms with van der Waals surface area (Å²) in [7, 11) is 0. The van der Waals surface area contributed by atoms with E-state index in [1.165, 1.54) is 0 Å². The van der Waals surface area contributed by atoms with Gasteiger partial charge in [0.05, 0.1) is 5.56 Å². The molecule has 3 amide bonds. The quantitative estimate of drug-likeness (QED) is 0.286. The topological polar surface area (TPSA) is 199 Å². The number of ketones is 2. The van der Waals surface area contributed by atoms with Crippen LogP contribution in [0.25, 0.3) is 5.76 Å². The molecular weight excluding hydrogens is 477 g/mol. The van der Waals surface area contributed by atoms with Gasteiger partial charge >= 0.3 is 6.03 Å². The summed E-state index contributed by atoms with van der Waals surface area (Å²) in [5.41, 5.74) is 0.699. The van der Waals surface area contributed by atoms with Gasteiger partial charge in [0.25, 0.3) is 5.91 Å². The molecule has 0 heterocycles. The Morgan fingerprint density at radius 3 is 2.53 bits per heavy atom. The normalized spacial score (nSPS) is 25.2. The molecule has 11 nitrogen and oxygen atoms in total. The van der Waals surface area contributed by atoms with Crippen LogP contribution in [-0.4, -0.2) is 56.1 Å².